The summed E-state index contributed by atoms with van der Waals surface area (Å²) in [6.07, 6.45) is 0. The van der Waals surface area contributed by atoms with Crippen LogP contribution in [0.4, 0.5) is 0 Å². The summed E-state index contributed by atoms with van der Waals surface area (Å²) >= 11 is 1.58. The SMILES string of the molecule is COc1ccc(C(=O)NC(C)c2sc(-c3ccccc3)nc2C)c(OC)c1OC. The topological polar surface area (TPSA) is 69.7 Å². The van der Waals surface area contributed by atoms with Crippen LogP contribution in [0.15, 0.2) is 42.5 Å². The van der Waals surface area contributed by atoms with Gasteiger partial charge in [-0.2, -0.15) is 0 Å². The van der Waals surface area contributed by atoms with Gasteiger partial charge in [-0.25, -0.2) is 4.98 Å². The van der Waals surface area contributed by atoms with Gasteiger partial charge in [0, 0.05) is 5.56 Å². The van der Waals surface area contributed by atoms with Crippen LogP contribution in [0.5, 0.6) is 17.2 Å². The van der Waals surface area contributed by atoms with Crippen molar-refractivity contribution in [3.63, 3.8) is 0 Å². The fraction of sp³-hybridized carbons (Fsp3) is 0.273. The van der Waals surface area contributed by atoms with Gasteiger partial charge >= 0.3 is 0 Å². The van der Waals surface area contributed by atoms with Crippen molar-refractivity contribution >= 4 is 17.2 Å². The molecule has 3 aromatic rings. The minimum atomic E-state index is -0.260. The molecule has 1 N–H and O–H groups in total. The summed E-state index contributed by atoms with van der Waals surface area (Å²) in [5, 5.41) is 3.97. The van der Waals surface area contributed by atoms with Crippen LogP contribution in [0.2, 0.25) is 0 Å². The zero-order valence-electron chi connectivity index (χ0n) is 17.1. The molecule has 0 saturated carbocycles. The predicted molar refractivity (Wildman–Crippen MR) is 114 cm³/mol. The number of nitrogens with one attached hydrogen (secondary N) is 1. The molecule has 0 radical (unpaired) electrons. The minimum Gasteiger partial charge on any atom is -0.493 e. The number of methoxy groups -OCH3 is 3. The van der Waals surface area contributed by atoms with Crippen LogP contribution in [-0.4, -0.2) is 32.2 Å². The monoisotopic (exact) mass is 412 g/mol. The molecule has 1 heterocycles. The third-order valence-corrected chi connectivity index (χ3v) is 5.93. The van der Waals surface area contributed by atoms with E-state index >= 15 is 0 Å². The molecular weight excluding hydrogens is 388 g/mol. The second-order valence-corrected chi connectivity index (χ2v) is 7.44. The maximum absolute atomic E-state index is 13.0. The number of ether oxygens (including phenoxy) is 3. The Kier molecular flexibility index (Phi) is 6.39. The fourth-order valence-electron chi connectivity index (χ4n) is 3.13. The molecule has 152 valence electrons. The number of thiazole rings is 1. The highest BCUT2D eigenvalue weighted by molar-refractivity contribution is 7.15. The van der Waals surface area contributed by atoms with Gasteiger partial charge in [-0.3, -0.25) is 4.79 Å². The quantitative estimate of drug-likeness (QED) is 0.612. The molecule has 2 aromatic carbocycles. The average Bonchev–Trinajstić information content (AvgIpc) is 3.14. The van der Waals surface area contributed by atoms with Crippen molar-refractivity contribution < 1.29 is 19.0 Å². The summed E-state index contributed by atoms with van der Waals surface area (Å²) in [5.41, 5.74) is 2.34. The van der Waals surface area contributed by atoms with E-state index in [0.29, 0.717) is 22.8 Å². The normalized spacial score (nSPS) is 11.6. The Morgan fingerprint density at radius 2 is 1.69 bits per heavy atom. The molecule has 0 aliphatic heterocycles. The number of hydrogen-bond acceptors (Lipinski definition) is 6. The summed E-state index contributed by atoms with van der Waals surface area (Å²) in [4.78, 5) is 18.6. The van der Waals surface area contributed by atoms with Crippen molar-refractivity contribution in [1.29, 1.82) is 0 Å². The van der Waals surface area contributed by atoms with Crippen LogP contribution in [0.1, 0.15) is 33.9 Å². The van der Waals surface area contributed by atoms with Crippen LogP contribution >= 0.6 is 11.3 Å². The standard InChI is InChI=1S/C22H24N2O4S/c1-13(20-14(2)24-22(29-20)15-9-7-6-8-10-15)23-21(25)16-11-12-17(26-3)19(28-5)18(16)27-4/h6-13H,1-5H3,(H,23,25). The molecule has 3 rings (SSSR count). The molecule has 0 fully saturated rings. The van der Waals surface area contributed by atoms with E-state index in [1.54, 1.807) is 23.5 Å². The van der Waals surface area contributed by atoms with Gasteiger partial charge in [0.05, 0.1) is 43.5 Å². The first-order chi connectivity index (χ1) is 14.0. The number of benzene rings is 2. The van der Waals surface area contributed by atoms with Crippen LogP contribution < -0.4 is 19.5 Å². The van der Waals surface area contributed by atoms with Crippen molar-refractivity contribution in [1.82, 2.24) is 10.3 Å². The van der Waals surface area contributed by atoms with E-state index in [-0.39, 0.29) is 11.9 Å². The Bertz CT molecular complexity index is 1000. The number of carbonyl (C=O) groups is 1. The molecule has 1 atom stereocenters. The lowest BCUT2D eigenvalue weighted by Crippen LogP contribution is -2.27. The summed E-state index contributed by atoms with van der Waals surface area (Å²) in [6.45, 7) is 3.90. The molecule has 1 amide bonds. The largest absolute Gasteiger partial charge is 0.493 e. The Balaban J connectivity index is 1.86. The molecule has 7 heteroatoms. The summed E-state index contributed by atoms with van der Waals surface area (Å²) in [7, 11) is 4.55. The predicted octanol–water partition coefficient (Wildman–Crippen LogP) is 4.64. The second kappa shape index (κ2) is 8.96. The molecule has 29 heavy (non-hydrogen) atoms. The second-order valence-electron chi connectivity index (χ2n) is 6.41. The highest BCUT2D eigenvalue weighted by Crippen LogP contribution is 2.40. The number of nitrogens with zero attached hydrogens (tertiary/aromatic N) is 1. The summed E-state index contributed by atoms with van der Waals surface area (Å²) in [6, 6.07) is 13.1. The molecular formula is C22H24N2O4S. The smallest absolute Gasteiger partial charge is 0.255 e. The van der Waals surface area contributed by atoms with Gasteiger partial charge in [0.15, 0.2) is 11.5 Å². The minimum absolute atomic E-state index is 0.213. The van der Waals surface area contributed by atoms with Crippen molar-refractivity contribution in [3.05, 3.63) is 58.6 Å². The van der Waals surface area contributed by atoms with Gasteiger partial charge in [-0.15, -0.1) is 11.3 Å². The van der Waals surface area contributed by atoms with E-state index in [1.807, 2.05) is 44.2 Å². The van der Waals surface area contributed by atoms with Crippen LogP contribution in [0.3, 0.4) is 0 Å². The Morgan fingerprint density at radius 3 is 2.31 bits per heavy atom. The van der Waals surface area contributed by atoms with Crippen molar-refractivity contribution in [3.8, 4) is 27.8 Å². The van der Waals surface area contributed by atoms with Gasteiger partial charge in [0.1, 0.15) is 5.01 Å². The molecule has 6 nitrogen and oxygen atoms in total. The van der Waals surface area contributed by atoms with Crippen molar-refractivity contribution in [2.45, 2.75) is 19.9 Å². The third-order valence-electron chi connectivity index (χ3n) is 4.54. The van der Waals surface area contributed by atoms with Crippen molar-refractivity contribution in [2.24, 2.45) is 0 Å². The van der Waals surface area contributed by atoms with E-state index in [2.05, 4.69) is 10.3 Å². The zero-order valence-corrected chi connectivity index (χ0v) is 17.9. The highest BCUT2D eigenvalue weighted by atomic mass is 32.1. The molecule has 0 bridgehead atoms. The molecule has 0 spiro atoms. The lowest BCUT2D eigenvalue weighted by atomic mass is 10.1. The van der Waals surface area contributed by atoms with Gasteiger partial charge in [-0.05, 0) is 26.0 Å². The first-order valence-electron chi connectivity index (χ1n) is 9.12. The first kappa shape index (κ1) is 20.7. The van der Waals surface area contributed by atoms with Crippen LogP contribution in [0, 0.1) is 6.92 Å². The maximum Gasteiger partial charge on any atom is 0.255 e. The Hall–Kier alpha value is -3.06. The number of amides is 1. The van der Waals surface area contributed by atoms with Gasteiger partial charge in [0.2, 0.25) is 5.75 Å². The van der Waals surface area contributed by atoms with E-state index in [1.165, 1.54) is 21.3 Å². The molecule has 0 aliphatic carbocycles. The molecule has 0 saturated heterocycles. The summed E-state index contributed by atoms with van der Waals surface area (Å²) in [5.74, 6) is 0.960. The lowest BCUT2D eigenvalue weighted by molar-refractivity contribution is 0.0936. The average molecular weight is 413 g/mol. The zero-order chi connectivity index (χ0) is 21.0. The summed E-state index contributed by atoms with van der Waals surface area (Å²) < 4.78 is 16.1. The van der Waals surface area contributed by atoms with Crippen molar-refractivity contribution in [2.75, 3.05) is 21.3 Å². The van der Waals surface area contributed by atoms with Crippen LogP contribution in [-0.2, 0) is 0 Å². The fourth-order valence-corrected chi connectivity index (χ4v) is 4.21. The number of hydrogen-bond donors (Lipinski definition) is 1. The van der Waals surface area contributed by atoms with Gasteiger partial charge in [0.25, 0.3) is 5.91 Å². The van der Waals surface area contributed by atoms with E-state index in [0.717, 1.165) is 21.1 Å². The number of rotatable bonds is 7. The third kappa shape index (κ3) is 4.19. The number of aryl methyl sites for hydroxylation is 1. The van der Waals surface area contributed by atoms with E-state index < -0.39 is 0 Å². The van der Waals surface area contributed by atoms with E-state index in [4.69, 9.17) is 14.2 Å². The molecule has 1 unspecified atom stereocenters. The van der Waals surface area contributed by atoms with Gasteiger partial charge in [-0.1, -0.05) is 30.3 Å². The van der Waals surface area contributed by atoms with Gasteiger partial charge < -0.3 is 19.5 Å². The number of carbonyl (C=O) groups excluding carboxylic acids is 1. The lowest BCUT2D eigenvalue weighted by Gasteiger charge is -2.17. The maximum atomic E-state index is 13.0. The Labute approximate surface area is 174 Å². The van der Waals surface area contributed by atoms with Crippen LogP contribution in [0.25, 0.3) is 10.6 Å². The van der Waals surface area contributed by atoms with E-state index in [9.17, 15) is 4.79 Å². The first-order valence-corrected chi connectivity index (χ1v) is 9.94. The molecule has 1 aromatic heterocycles. The Morgan fingerprint density at radius 1 is 1.00 bits per heavy atom. The molecule has 0 aliphatic rings. The highest BCUT2D eigenvalue weighted by Gasteiger charge is 2.23. The number of aromatic nitrogens is 1.